The summed E-state index contributed by atoms with van der Waals surface area (Å²) in [7, 11) is 1.54. The fourth-order valence-electron chi connectivity index (χ4n) is 2.79. The molecular formula is C21H18BrIN2O5S. The van der Waals surface area contributed by atoms with Crippen LogP contribution in [0.5, 0.6) is 11.5 Å². The summed E-state index contributed by atoms with van der Waals surface area (Å²) < 4.78 is 12.5. The number of hydrogen-bond acceptors (Lipinski definition) is 6. The van der Waals surface area contributed by atoms with Gasteiger partial charge in [0.05, 0.1) is 27.9 Å². The van der Waals surface area contributed by atoms with E-state index in [1.807, 2.05) is 19.1 Å². The van der Waals surface area contributed by atoms with Gasteiger partial charge in [-0.25, -0.2) is 0 Å². The van der Waals surface area contributed by atoms with Gasteiger partial charge in [0.2, 0.25) is 5.91 Å². The third kappa shape index (κ3) is 5.60. The molecule has 0 saturated carbocycles. The van der Waals surface area contributed by atoms with Crippen molar-refractivity contribution in [2.45, 2.75) is 6.92 Å². The number of halogens is 2. The van der Waals surface area contributed by atoms with Crippen LogP contribution in [0.25, 0.3) is 6.08 Å². The summed E-state index contributed by atoms with van der Waals surface area (Å²) >= 11 is 6.27. The molecule has 10 heteroatoms. The van der Waals surface area contributed by atoms with Crippen LogP contribution < -0.4 is 14.8 Å². The van der Waals surface area contributed by atoms with Crippen molar-refractivity contribution >= 4 is 79.1 Å². The first kappa shape index (κ1) is 23.6. The highest BCUT2D eigenvalue weighted by atomic mass is 127. The van der Waals surface area contributed by atoms with Gasteiger partial charge in [0.1, 0.15) is 6.54 Å². The van der Waals surface area contributed by atoms with Crippen molar-refractivity contribution in [1.82, 2.24) is 4.90 Å². The number of rotatable bonds is 7. The molecule has 0 aliphatic carbocycles. The van der Waals surface area contributed by atoms with Crippen molar-refractivity contribution < 1.29 is 23.9 Å². The first-order valence-electron chi connectivity index (χ1n) is 9.14. The SMILES string of the molecule is CCOc1c(I)cc(/C=C2/SC(=O)N(CC(=O)Nc3ccccc3Br)C2=O)cc1OC. The largest absolute Gasteiger partial charge is 0.493 e. The smallest absolute Gasteiger partial charge is 0.294 e. The van der Waals surface area contributed by atoms with Gasteiger partial charge in [-0.05, 0) is 93.1 Å². The average Bonchev–Trinajstić information content (AvgIpc) is 2.98. The average molecular weight is 617 g/mol. The maximum atomic E-state index is 12.8. The molecule has 0 bridgehead atoms. The van der Waals surface area contributed by atoms with Crippen LogP contribution in [-0.4, -0.2) is 42.2 Å². The number of ether oxygens (including phenoxy) is 2. The molecule has 1 saturated heterocycles. The second-order valence-electron chi connectivity index (χ2n) is 6.26. The maximum Gasteiger partial charge on any atom is 0.294 e. The molecule has 1 aliphatic heterocycles. The molecule has 1 heterocycles. The monoisotopic (exact) mass is 616 g/mol. The van der Waals surface area contributed by atoms with E-state index in [4.69, 9.17) is 9.47 Å². The quantitative estimate of drug-likeness (QED) is 0.343. The Balaban J connectivity index is 1.77. The molecule has 2 aromatic rings. The number of amides is 3. The Labute approximate surface area is 205 Å². The molecule has 1 fully saturated rings. The van der Waals surface area contributed by atoms with E-state index in [0.29, 0.717) is 33.8 Å². The molecule has 0 aromatic heterocycles. The van der Waals surface area contributed by atoms with Gasteiger partial charge < -0.3 is 14.8 Å². The zero-order valence-electron chi connectivity index (χ0n) is 16.6. The number of carbonyl (C=O) groups excluding carboxylic acids is 3. The number of benzene rings is 2. The van der Waals surface area contributed by atoms with Crippen LogP contribution in [0.3, 0.4) is 0 Å². The van der Waals surface area contributed by atoms with E-state index in [-0.39, 0.29) is 11.4 Å². The van der Waals surface area contributed by atoms with Crippen LogP contribution in [0, 0.1) is 3.57 Å². The molecule has 0 unspecified atom stereocenters. The Bertz CT molecular complexity index is 1080. The summed E-state index contributed by atoms with van der Waals surface area (Å²) in [5, 5.41) is 2.20. The lowest BCUT2D eigenvalue weighted by atomic mass is 10.2. The Morgan fingerprint density at radius 1 is 1.29 bits per heavy atom. The number of nitrogens with zero attached hydrogens (tertiary/aromatic N) is 1. The van der Waals surface area contributed by atoms with Crippen LogP contribution in [0.4, 0.5) is 10.5 Å². The van der Waals surface area contributed by atoms with Crippen LogP contribution in [0.2, 0.25) is 0 Å². The second-order valence-corrected chi connectivity index (χ2v) is 9.27. The lowest BCUT2D eigenvalue weighted by Crippen LogP contribution is -2.36. The minimum atomic E-state index is -0.514. The van der Waals surface area contributed by atoms with Gasteiger partial charge in [0.15, 0.2) is 11.5 Å². The molecule has 1 N–H and O–H groups in total. The van der Waals surface area contributed by atoms with Crippen molar-refractivity contribution in [3.63, 3.8) is 0 Å². The summed E-state index contributed by atoms with van der Waals surface area (Å²) in [6.07, 6.45) is 1.61. The van der Waals surface area contributed by atoms with Gasteiger partial charge >= 0.3 is 0 Å². The number of carbonyl (C=O) groups is 3. The number of imide groups is 1. The van der Waals surface area contributed by atoms with Crippen LogP contribution in [-0.2, 0) is 9.59 Å². The minimum absolute atomic E-state index is 0.237. The summed E-state index contributed by atoms with van der Waals surface area (Å²) in [5.74, 6) is 0.180. The van der Waals surface area contributed by atoms with Crippen molar-refractivity contribution in [3.05, 3.63) is 54.9 Å². The zero-order chi connectivity index (χ0) is 22.5. The van der Waals surface area contributed by atoms with Crippen LogP contribution >= 0.6 is 50.3 Å². The lowest BCUT2D eigenvalue weighted by molar-refractivity contribution is -0.127. The van der Waals surface area contributed by atoms with Crippen molar-refractivity contribution in [2.24, 2.45) is 0 Å². The van der Waals surface area contributed by atoms with E-state index in [1.165, 1.54) is 7.11 Å². The number of anilines is 1. The summed E-state index contributed by atoms with van der Waals surface area (Å²) in [6.45, 7) is 2.01. The molecule has 7 nitrogen and oxygen atoms in total. The maximum absolute atomic E-state index is 12.8. The van der Waals surface area contributed by atoms with Crippen molar-refractivity contribution in [3.8, 4) is 11.5 Å². The van der Waals surface area contributed by atoms with E-state index in [2.05, 4.69) is 43.8 Å². The molecule has 31 heavy (non-hydrogen) atoms. The highest BCUT2D eigenvalue weighted by Gasteiger charge is 2.36. The molecule has 0 radical (unpaired) electrons. The van der Waals surface area contributed by atoms with E-state index in [9.17, 15) is 14.4 Å². The molecule has 0 spiro atoms. The van der Waals surface area contributed by atoms with Gasteiger partial charge in [-0.3, -0.25) is 19.3 Å². The Morgan fingerprint density at radius 3 is 2.71 bits per heavy atom. The first-order chi connectivity index (χ1) is 14.8. The number of para-hydroxylation sites is 1. The number of nitrogens with one attached hydrogen (secondary N) is 1. The molecular weight excluding hydrogens is 599 g/mol. The highest BCUT2D eigenvalue weighted by Crippen LogP contribution is 2.37. The Morgan fingerprint density at radius 2 is 2.03 bits per heavy atom. The first-order valence-corrected chi connectivity index (χ1v) is 11.8. The molecule has 2 aromatic carbocycles. The predicted molar refractivity (Wildman–Crippen MR) is 132 cm³/mol. The van der Waals surface area contributed by atoms with Crippen LogP contribution in [0.15, 0.2) is 45.8 Å². The number of thioether (sulfide) groups is 1. The molecule has 3 rings (SSSR count). The minimum Gasteiger partial charge on any atom is -0.493 e. The van der Waals surface area contributed by atoms with E-state index < -0.39 is 17.1 Å². The third-order valence-corrected chi connectivity index (χ3v) is 6.56. The summed E-state index contributed by atoms with van der Waals surface area (Å²) in [5.41, 5.74) is 1.25. The second kappa shape index (κ2) is 10.5. The topological polar surface area (TPSA) is 84.9 Å². The summed E-state index contributed by atoms with van der Waals surface area (Å²) in [4.78, 5) is 38.6. The van der Waals surface area contributed by atoms with E-state index in [1.54, 1.807) is 30.3 Å². The zero-order valence-corrected chi connectivity index (χ0v) is 21.2. The molecule has 0 atom stereocenters. The van der Waals surface area contributed by atoms with Gasteiger partial charge in [-0.1, -0.05) is 12.1 Å². The third-order valence-electron chi connectivity index (χ3n) is 4.16. The van der Waals surface area contributed by atoms with Gasteiger partial charge in [0.25, 0.3) is 11.1 Å². The van der Waals surface area contributed by atoms with Crippen molar-refractivity contribution in [1.29, 1.82) is 0 Å². The number of methoxy groups -OCH3 is 1. The normalized spacial score (nSPS) is 14.8. The van der Waals surface area contributed by atoms with Gasteiger partial charge in [-0.2, -0.15) is 0 Å². The van der Waals surface area contributed by atoms with E-state index in [0.717, 1.165) is 20.2 Å². The predicted octanol–water partition coefficient (Wildman–Crippen LogP) is 5.14. The molecule has 3 amide bonds. The van der Waals surface area contributed by atoms with Gasteiger partial charge in [-0.15, -0.1) is 0 Å². The summed E-state index contributed by atoms with van der Waals surface area (Å²) in [6, 6.07) is 10.7. The van der Waals surface area contributed by atoms with Crippen molar-refractivity contribution in [2.75, 3.05) is 25.6 Å². The Hall–Kier alpha value is -2.05. The Kier molecular flexibility index (Phi) is 8.00. The lowest BCUT2D eigenvalue weighted by Gasteiger charge is -2.13. The van der Waals surface area contributed by atoms with Crippen LogP contribution in [0.1, 0.15) is 12.5 Å². The van der Waals surface area contributed by atoms with E-state index >= 15 is 0 Å². The number of hydrogen-bond donors (Lipinski definition) is 1. The highest BCUT2D eigenvalue weighted by molar-refractivity contribution is 14.1. The standard InChI is InChI=1S/C21H18BrIN2O5S/c1-3-30-19-14(23)8-12(9-16(19)29-2)10-17-20(27)25(21(28)31-17)11-18(26)24-15-7-5-4-6-13(15)22/h4-10H,3,11H2,1-2H3,(H,24,26)/b17-10+. The fraction of sp³-hybridized carbons (Fsp3) is 0.190. The fourth-order valence-corrected chi connectivity index (χ4v) is 4.79. The van der Waals surface area contributed by atoms with Gasteiger partial charge in [0, 0.05) is 4.47 Å². The molecule has 162 valence electrons. The molecule has 1 aliphatic rings.